The highest BCUT2D eigenvalue weighted by atomic mass is 35.5. The zero-order valence-corrected chi connectivity index (χ0v) is 21.0. The molecule has 5 rings (SSSR count). The first-order valence-electron chi connectivity index (χ1n) is 11.2. The third-order valence-electron chi connectivity index (χ3n) is 5.81. The summed E-state index contributed by atoms with van der Waals surface area (Å²) in [6, 6.07) is 21.2. The van der Waals surface area contributed by atoms with Gasteiger partial charge in [0.1, 0.15) is 18.5 Å². The van der Waals surface area contributed by atoms with E-state index in [-0.39, 0.29) is 6.10 Å². The third-order valence-corrected chi connectivity index (χ3v) is 6.59. The summed E-state index contributed by atoms with van der Waals surface area (Å²) < 4.78 is 20.6. The van der Waals surface area contributed by atoms with Crippen molar-refractivity contribution in [1.82, 2.24) is 9.55 Å². The van der Waals surface area contributed by atoms with Gasteiger partial charge in [0.05, 0.1) is 24.5 Å². The van der Waals surface area contributed by atoms with Crippen LogP contribution in [-0.2, 0) is 28.2 Å². The average Bonchev–Trinajstić information content (AvgIpc) is 3.49. The quantitative estimate of drug-likeness (QED) is 0.252. The van der Waals surface area contributed by atoms with E-state index in [1.807, 2.05) is 47.2 Å². The number of nitrogens with zero attached hydrogens (tertiary/aromatic N) is 2. The van der Waals surface area contributed by atoms with E-state index >= 15 is 0 Å². The van der Waals surface area contributed by atoms with Crippen LogP contribution in [-0.4, -0.2) is 28.9 Å². The summed E-state index contributed by atoms with van der Waals surface area (Å²) in [6.45, 7) is 1.09. The van der Waals surface area contributed by atoms with Crippen molar-refractivity contribution in [2.75, 3.05) is 13.2 Å². The molecule has 1 aliphatic heterocycles. The lowest BCUT2D eigenvalue weighted by Crippen LogP contribution is -2.34. The molecule has 0 amide bonds. The predicted octanol–water partition coefficient (Wildman–Crippen LogP) is 6.78. The molecule has 1 saturated heterocycles. The molecule has 0 N–H and O–H groups in total. The Morgan fingerprint density at radius 2 is 1.80 bits per heavy atom. The highest BCUT2D eigenvalue weighted by Gasteiger charge is 2.45. The van der Waals surface area contributed by atoms with E-state index in [4.69, 9.17) is 49.0 Å². The van der Waals surface area contributed by atoms with E-state index in [0.29, 0.717) is 35.4 Å². The standard InChI is InChI=1S/C27H23Cl3N2O3/c28-21-3-1-2-20(13-21)12-19-4-7-23(8-5-19)33-15-24-16-34-27(35-24,17-32-11-10-31-18-32)25-9-6-22(29)14-26(25)30/h1-11,13-14,18,24H,12,15-17H2. The summed E-state index contributed by atoms with van der Waals surface area (Å²) in [4.78, 5) is 4.12. The van der Waals surface area contributed by atoms with Crippen LogP contribution in [0.5, 0.6) is 5.75 Å². The second-order valence-corrected chi connectivity index (χ2v) is 9.70. The molecule has 4 aromatic rings. The number of imidazole rings is 1. The average molecular weight is 530 g/mol. The number of benzene rings is 3. The summed E-state index contributed by atoms with van der Waals surface area (Å²) in [6.07, 6.45) is 5.80. The number of aromatic nitrogens is 2. The lowest BCUT2D eigenvalue weighted by molar-refractivity contribution is -0.189. The zero-order valence-electron chi connectivity index (χ0n) is 18.7. The molecule has 0 radical (unpaired) electrons. The van der Waals surface area contributed by atoms with Gasteiger partial charge in [-0.05, 0) is 53.9 Å². The first-order valence-corrected chi connectivity index (χ1v) is 12.3. The van der Waals surface area contributed by atoms with Crippen LogP contribution in [0.2, 0.25) is 15.1 Å². The van der Waals surface area contributed by atoms with Gasteiger partial charge in [0.15, 0.2) is 0 Å². The van der Waals surface area contributed by atoms with Gasteiger partial charge in [-0.25, -0.2) is 4.98 Å². The molecule has 0 bridgehead atoms. The van der Waals surface area contributed by atoms with Crippen LogP contribution in [0, 0.1) is 0 Å². The van der Waals surface area contributed by atoms with Crippen molar-refractivity contribution in [3.8, 4) is 5.75 Å². The van der Waals surface area contributed by atoms with E-state index < -0.39 is 5.79 Å². The van der Waals surface area contributed by atoms with Crippen LogP contribution in [0.1, 0.15) is 16.7 Å². The van der Waals surface area contributed by atoms with Crippen molar-refractivity contribution < 1.29 is 14.2 Å². The molecule has 0 spiro atoms. The van der Waals surface area contributed by atoms with Crippen LogP contribution < -0.4 is 4.74 Å². The molecule has 5 nitrogen and oxygen atoms in total. The Kier molecular flexibility index (Phi) is 7.32. The van der Waals surface area contributed by atoms with Crippen molar-refractivity contribution >= 4 is 34.8 Å². The van der Waals surface area contributed by atoms with Crippen molar-refractivity contribution in [1.29, 1.82) is 0 Å². The highest BCUT2D eigenvalue weighted by Crippen LogP contribution is 2.40. The smallest absolute Gasteiger partial charge is 0.215 e. The molecule has 8 heteroatoms. The maximum Gasteiger partial charge on any atom is 0.215 e. The Labute approximate surface area is 219 Å². The second-order valence-electron chi connectivity index (χ2n) is 8.42. The Morgan fingerprint density at radius 3 is 2.54 bits per heavy atom. The topological polar surface area (TPSA) is 45.5 Å². The van der Waals surface area contributed by atoms with Crippen molar-refractivity contribution in [3.63, 3.8) is 0 Å². The van der Waals surface area contributed by atoms with Crippen molar-refractivity contribution in [2.45, 2.75) is 24.9 Å². The minimum absolute atomic E-state index is 0.281. The lowest BCUT2D eigenvalue weighted by atomic mass is 10.1. The monoisotopic (exact) mass is 528 g/mol. The number of halogens is 3. The number of hydrogen-bond donors (Lipinski definition) is 0. The van der Waals surface area contributed by atoms with E-state index in [1.54, 1.807) is 24.7 Å². The van der Waals surface area contributed by atoms with Crippen LogP contribution >= 0.6 is 34.8 Å². The second kappa shape index (κ2) is 10.6. The number of hydrogen-bond acceptors (Lipinski definition) is 4. The first-order chi connectivity index (χ1) is 17.0. The molecule has 0 saturated carbocycles. The summed E-state index contributed by atoms with van der Waals surface area (Å²) in [5, 5.41) is 1.77. The molecule has 2 atom stereocenters. The maximum absolute atomic E-state index is 6.53. The largest absolute Gasteiger partial charge is 0.491 e. The molecule has 1 fully saturated rings. The lowest BCUT2D eigenvalue weighted by Gasteiger charge is -2.30. The molecule has 1 aromatic heterocycles. The SMILES string of the molecule is Clc1cccc(Cc2ccc(OCC3COC(Cn4ccnc4)(c4ccc(Cl)cc4Cl)O3)cc2)c1. The molecule has 2 unspecified atom stereocenters. The summed E-state index contributed by atoms with van der Waals surface area (Å²) in [5.41, 5.74) is 3.06. The Balaban J connectivity index is 1.25. The predicted molar refractivity (Wildman–Crippen MR) is 137 cm³/mol. The maximum atomic E-state index is 6.53. The van der Waals surface area contributed by atoms with Gasteiger partial charge in [0.2, 0.25) is 5.79 Å². The van der Waals surface area contributed by atoms with E-state index in [9.17, 15) is 0 Å². The van der Waals surface area contributed by atoms with Gasteiger partial charge in [-0.15, -0.1) is 0 Å². The highest BCUT2D eigenvalue weighted by molar-refractivity contribution is 6.35. The Morgan fingerprint density at radius 1 is 0.971 bits per heavy atom. The van der Waals surface area contributed by atoms with Crippen LogP contribution in [0.25, 0.3) is 0 Å². The van der Waals surface area contributed by atoms with Gasteiger partial charge in [0, 0.05) is 28.0 Å². The minimum Gasteiger partial charge on any atom is -0.491 e. The normalized spacial score (nSPS) is 19.7. The number of ether oxygens (including phenoxy) is 3. The Bertz CT molecular complexity index is 1280. The van der Waals surface area contributed by atoms with Gasteiger partial charge in [0.25, 0.3) is 0 Å². The fourth-order valence-electron chi connectivity index (χ4n) is 4.15. The van der Waals surface area contributed by atoms with Crippen molar-refractivity contribution in [3.05, 3.63) is 117 Å². The first kappa shape index (κ1) is 24.2. The van der Waals surface area contributed by atoms with Crippen molar-refractivity contribution in [2.24, 2.45) is 0 Å². The number of rotatable bonds is 8. The summed E-state index contributed by atoms with van der Waals surface area (Å²) >= 11 is 18.7. The molecular weight excluding hydrogens is 507 g/mol. The summed E-state index contributed by atoms with van der Waals surface area (Å²) in [7, 11) is 0. The van der Waals surface area contributed by atoms with Gasteiger partial charge in [-0.3, -0.25) is 0 Å². The van der Waals surface area contributed by atoms with E-state index in [2.05, 4.69) is 23.2 Å². The Hall–Kier alpha value is -2.54. The van der Waals surface area contributed by atoms with E-state index in [1.165, 1.54) is 5.56 Å². The van der Waals surface area contributed by atoms with Crippen LogP contribution in [0.4, 0.5) is 0 Å². The van der Waals surface area contributed by atoms with Gasteiger partial charge >= 0.3 is 0 Å². The minimum atomic E-state index is -1.07. The zero-order chi connectivity index (χ0) is 24.3. The fourth-order valence-corrected chi connectivity index (χ4v) is 4.92. The fraction of sp³-hybridized carbons (Fsp3) is 0.222. The summed E-state index contributed by atoms with van der Waals surface area (Å²) in [5.74, 6) is -0.308. The van der Waals surface area contributed by atoms with E-state index in [0.717, 1.165) is 22.8 Å². The van der Waals surface area contributed by atoms with Gasteiger partial charge in [-0.1, -0.05) is 65.1 Å². The third kappa shape index (κ3) is 5.83. The molecule has 180 valence electrons. The molecular formula is C27H23Cl3N2O3. The van der Waals surface area contributed by atoms with Gasteiger partial charge in [-0.2, -0.15) is 0 Å². The van der Waals surface area contributed by atoms with Gasteiger partial charge < -0.3 is 18.8 Å². The van der Waals surface area contributed by atoms with Crippen LogP contribution in [0.3, 0.4) is 0 Å². The molecule has 1 aliphatic rings. The molecule has 0 aliphatic carbocycles. The molecule has 3 aromatic carbocycles. The molecule has 35 heavy (non-hydrogen) atoms. The van der Waals surface area contributed by atoms with Crippen LogP contribution in [0.15, 0.2) is 85.5 Å². The molecule has 2 heterocycles.